The average molecular weight is 706 g/mol. The van der Waals surface area contributed by atoms with Crippen molar-refractivity contribution >= 4 is 44.7 Å². The van der Waals surface area contributed by atoms with Crippen molar-refractivity contribution in [3.63, 3.8) is 0 Å². The van der Waals surface area contributed by atoms with Gasteiger partial charge in [0.05, 0.1) is 5.52 Å². The summed E-state index contributed by atoms with van der Waals surface area (Å²) in [6.07, 6.45) is -8.41. The van der Waals surface area contributed by atoms with Crippen LogP contribution < -0.4 is 9.64 Å². The second kappa shape index (κ2) is 15.6. The number of pyridine rings is 1. The topological polar surface area (TPSA) is 132 Å². The Hall–Kier alpha value is -4.38. The number of alkyl halides is 6. The van der Waals surface area contributed by atoms with Crippen LogP contribution in [-0.2, 0) is 9.59 Å². The molecule has 1 aliphatic rings. The lowest BCUT2D eigenvalue weighted by molar-refractivity contribution is -0.193. The molecule has 0 aliphatic carbocycles. The van der Waals surface area contributed by atoms with Crippen LogP contribution in [0.5, 0.6) is 5.75 Å². The first-order valence-corrected chi connectivity index (χ1v) is 13.8. The van der Waals surface area contributed by atoms with Gasteiger partial charge in [0.2, 0.25) is 0 Å². The highest BCUT2D eigenvalue weighted by Crippen LogP contribution is 2.24. The molecule has 3 heterocycles. The third kappa shape index (κ3) is 11.2. The number of para-hydroxylation sites is 1. The molecule has 0 amide bonds. The van der Waals surface area contributed by atoms with Crippen molar-refractivity contribution in [2.75, 3.05) is 44.2 Å². The highest BCUT2D eigenvalue weighted by molar-refractivity contribution is 9.10. The second-order valence-corrected chi connectivity index (χ2v) is 10.2. The number of piperazine rings is 1. The number of hydrogen-bond donors (Lipinski definition) is 3. The number of ether oxygens (including phenoxy) is 1. The number of nitrogens with zero attached hydrogens (tertiary/aromatic N) is 4. The fourth-order valence-corrected chi connectivity index (χ4v) is 4.21. The number of halogens is 7. The average Bonchev–Trinajstić information content (AvgIpc) is 3.41. The highest BCUT2D eigenvalue weighted by Gasteiger charge is 2.38. The maximum Gasteiger partial charge on any atom is 0.490 e. The number of fused-ring (bicyclic) bond motifs is 1. The standard InChI is InChI=1S/C24H24BrN5O.2C2HF3O2/c25-19-16-22-24(26-17-19)28-23(27-22)18-6-8-21(9-7-18)31-15-14-29-10-12-30(13-11-29)20-4-2-1-3-5-20;2*3-2(4,5)1(6)7/h1-9,16-17H,10-15H2,(H,26,27,28);2*(H,6,7). The van der Waals surface area contributed by atoms with Crippen molar-refractivity contribution < 1.29 is 50.9 Å². The Labute approximate surface area is 260 Å². The molecule has 45 heavy (non-hydrogen) atoms. The van der Waals surface area contributed by atoms with Crippen LogP contribution in [-0.4, -0.2) is 93.7 Å². The molecule has 0 saturated carbocycles. The Morgan fingerprint density at radius 2 is 1.44 bits per heavy atom. The summed E-state index contributed by atoms with van der Waals surface area (Å²) in [7, 11) is 0. The molecule has 10 nitrogen and oxygen atoms in total. The van der Waals surface area contributed by atoms with Gasteiger partial charge in [0.15, 0.2) is 5.65 Å². The summed E-state index contributed by atoms with van der Waals surface area (Å²) < 4.78 is 70.4. The molecule has 0 unspecified atom stereocenters. The van der Waals surface area contributed by atoms with E-state index in [1.54, 1.807) is 6.20 Å². The number of hydrogen-bond acceptors (Lipinski definition) is 7. The molecule has 2 aromatic heterocycles. The van der Waals surface area contributed by atoms with Gasteiger partial charge < -0.3 is 24.8 Å². The van der Waals surface area contributed by atoms with Gasteiger partial charge in [-0.25, -0.2) is 19.6 Å². The SMILES string of the molecule is Brc1cnc2nc(-c3ccc(OCCN4CCN(c5ccccc5)CC4)cc3)[nH]c2c1.O=C(O)C(F)(F)F.O=C(O)C(F)(F)F. The Morgan fingerprint density at radius 3 is 1.98 bits per heavy atom. The van der Waals surface area contributed by atoms with E-state index in [-0.39, 0.29) is 0 Å². The van der Waals surface area contributed by atoms with E-state index in [1.165, 1.54) is 5.69 Å². The van der Waals surface area contributed by atoms with Gasteiger partial charge in [-0.15, -0.1) is 0 Å². The van der Waals surface area contributed by atoms with Crippen LogP contribution in [0, 0.1) is 0 Å². The molecule has 0 bridgehead atoms. The van der Waals surface area contributed by atoms with Gasteiger partial charge in [-0.1, -0.05) is 18.2 Å². The van der Waals surface area contributed by atoms with Crippen LogP contribution in [0.15, 0.2) is 71.3 Å². The van der Waals surface area contributed by atoms with Crippen molar-refractivity contribution in [2.45, 2.75) is 12.4 Å². The minimum atomic E-state index is -5.08. The van der Waals surface area contributed by atoms with Crippen LogP contribution in [0.4, 0.5) is 32.0 Å². The number of imidazole rings is 1. The van der Waals surface area contributed by atoms with E-state index in [9.17, 15) is 26.3 Å². The van der Waals surface area contributed by atoms with E-state index in [1.807, 2.05) is 30.3 Å². The molecule has 5 rings (SSSR count). The van der Waals surface area contributed by atoms with Gasteiger partial charge in [-0.3, -0.25) is 4.90 Å². The van der Waals surface area contributed by atoms with Crippen LogP contribution in [0.2, 0.25) is 0 Å². The van der Waals surface area contributed by atoms with Gasteiger partial charge >= 0.3 is 24.3 Å². The first-order valence-electron chi connectivity index (χ1n) is 13.0. The Kier molecular flexibility index (Phi) is 12.1. The zero-order chi connectivity index (χ0) is 33.2. The molecule has 0 spiro atoms. The normalized spacial score (nSPS) is 13.7. The zero-order valence-corrected chi connectivity index (χ0v) is 24.7. The number of benzene rings is 2. The van der Waals surface area contributed by atoms with Gasteiger partial charge in [-0.2, -0.15) is 26.3 Å². The third-order valence-corrected chi connectivity index (χ3v) is 6.52. The third-order valence-electron chi connectivity index (χ3n) is 6.09. The van der Waals surface area contributed by atoms with Crippen LogP contribution in [0.25, 0.3) is 22.6 Å². The van der Waals surface area contributed by atoms with E-state index < -0.39 is 24.3 Å². The summed E-state index contributed by atoms with van der Waals surface area (Å²) in [6, 6.07) is 20.7. The number of carboxylic acid groups (broad SMARTS) is 2. The molecule has 0 atom stereocenters. The number of rotatable bonds is 6. The number of aliphatic carboxylic acids is 2. The summed E-state index contributed by atoms with van der Waals surface area (Å²) in [5.41, 5.74) is 3.95. The summed E-state index contributed by atoms with van der Waals surface area (Å²) in [5.74, 6) is -3.83. The smallest absolute Gasteiger partial charge is 0.490 e. The molecular formula is C28H26BrF6N5O5. The van der Waals surface area contributed by atoms with Crippen molar-refractivity contribution in [1.82, 2.24) is 19.9 Å². The van der Waals surface area contributed by atoms with Gasteiger partial charge in [0.1, 0.15) is 18.2 Å². The fourth-order valence-electron chi connectivity index (χ4n) is 3.88. The van der Waals surface area contributed by atoms with E-state index >= 15 is 0 Å². The molecule has 1 aliphatic heterocycles. The fraction of sp³-hybridized carbons (Fsp3) is 0.286. The van der Waals surface area contributed by atoms with E-state index in [0.717, 1.165) is 59.9 Å². The van der Waals surface area contributed by atoms with E-state index in [2.05, 4.69) is 71.0 Å². The van der Waals surface area contributed by atoms with Crippen LogP contribution >= 0.6 is 15.9 Å². The highest BCUT2D eigenvalue weighted by atomic mass is 79.9. The van der Waals surface area contributed by atoms with Crippen molar-refractivity contribution in [3.05, 3.63) is 71.3 Å². The van der Waals surface area contributed by atoms with Crippen LogP contribution in [0.1, 0.15) is 0 Å². The van der Waals surface area contributed by atoms with E-state index in [4.69, 9.17) is 24.5 Å². The van der Waals surface area contributed by atoms with Crippen molar-refractivity contribution in [3.8, 4) is 17.1 Å². The van der Waals surface area contributed by atoms with Gasteiger partial charge in [-0.05, 0) is 58.4 Å². The maximum atomic E-state index is 10.6. The lowest BCUT2D eigenvalue weighted by atomic mass is 10.2. The Morgan fingerprint density at radius 1 is 0.889 bits per heavy atom. The minimum Gasteiger partial charge on any atom is -0.492 e. The van der Waals surface area contributed by atoms with Gasteiger partial charge in [0.25, 0.3) is 0 Å². The Bertz CT molecular complexity index is 1520. The van der Waals surface area contributed by atoms with Crippen LogP contribution in [0.3, 0.4) is 0 Å². The second-order valence-electron chi connectivity index (χ2n) is 9.25. The number of carbonyl (C=O) groups is 2. The molecular weight excluding hydrogens is 680 g/mol. The quantitative estimate of drug-likeness (QED) is 0.211. The number of carboxylic acids is 2. The molecule has 1 saturated heterocycles. The monoisotopic (exact) mass is 705 g/mol. The number of aromatic nitrogens is 3. The van der Waals surface area contributed by atoms with Crippen molar-refractivity contribution in [2.24, 2.45) is 0 Å². The maximum absolute atomic E-state index is 10.6. The molecule has 17 heteroatoms. The summed E-state index contributed by atoms with van der Waals surface area (Å²) >= 11 is 3.44. The molecule has 4 aromatic rings. The molecule has 0 radical (unpaired) electrons. The largest absolute Gasteiger partial charge is 0.492 e. The van der Waals surface area contributed by atoms with Crippen molar-refractivity contribution in [1.29, 1.82) is 0 Å². The number of anilines is 1. The number of aromatic amines is 1. The zero-order valence-electron chi connectivity index (χ0n) is 23.1. The number of H-pyrrole nitrogens is 1. The predicted octanol–water partition coefficient (Wildman–Crippen LogP) is 5.86. The van der Waals surface area contributed by atoms with E-state index in [0.29, 0.717) is 12.3 Å². The lowest BCUT2D eigenvalue weighted by Crippen LogP contribution is -2.47. The number of nitrogens with one attached hydrogen (secondary N) is 1. The molecule has 3 N–H and O–H groups in total. The summed E-state index contributed by atoms with van der Waals surface area (Å²) in [6.45, 7) is 5.87. The first-order chi connectivity index (χ1) is 21.1. The lowest BCUT2D eigenvalue weighted by Gasteiger charge is -2.36. The molecule has 242 valence electrons. The first kappa shape index (κ1) is 35.1. The predicted molar refractivity (Wildman–Crippen MR) is 155 cm³/mol. The molecule has 2 aromatic carbocycles. The molecule has 1 fully saturated rings. The summed E-state index contributed by atoms with van der Waals surface area (Å²) in [4.78, 5) is 34.9. The summed E-state index contributed by atoms with van der Waals surface area (Å²) in [5, 5.41) is 14.2. The van der Waals surface area contributed by atoms with Gasteiger partial charge in [0, 0.05) is 54.6 Å². The Balaban J connectivity index is 0.000000331. The minimum absolute atomic E-state index is 0.688.